The van der Waals surface area contributed by atoms with Crippen molar-refractivity contribution in [3.05, 3.63) is 23.8 Å². The van der Waals surface area contributed by atoms with Gasteiger partial charge in [-0.3, -0.25) is 4.79 Å². The molecule has 0 aromatic rings. The van der Waals surface area contributed by atoms with Crippen molar-refractivity contribution in [1.82, 2.24) is 0 Å². The number of hydrogen-bond donors (Lipinski definition) is 0. The topological polar surface area (TPSA) is 43.4 Å². The van der Waals surface area contributed by atoms with Crippen molar-refractivity contribution < 1.29 is 14.3 Å². The van der Waals surface area contributed by atoms with Crippen molar-refractivity contribution >= 4 is 11.8 Å². The van der Waals surface area contributed by atoms with Crippen LogP contribution in [0.2, 0.25) is 0 Å². The van der Waals surface area contributed by atoms with Crippen molar-refractivity contribution in [2.45, 2.75) is 33.1 Å². The third kappa shape index (κ3) is 2.23. The molecule has 0 radical (unpaired) electrons. The molecule has 1 aliphatic rings. The molecular weight excluding hydrogens is 204 g/mol. The maximum absolute atomic E-state index is 12.0. The van der Waals surface area contributed by atoms with Gasteiger partial charge in [0, 0.05) is 5.41 Å². The lowest BCUT2D eigenvalue weighted by molar-refractivity contribution is -0.138. The molecule has 0 aromatic carbocycles. The first-order valence-corrected chi connectivity index (χ1v) is 5.40. The Kier molecular flexibility index (Phi) is 3.68. The number of methoxy groups -OCH3 is 1. The van der Waals surface area contributed by atoms with Gasteiger partial charge in [-0.2, -0.15) is 0 Å². The first-order chi connectivity index (χ1) is 7.44. The van der Waals surface area contributed by atoms with E-state index in [0.717, 1.165) is 12.0 Å². The van der Waals surface area contributed by atoms with Crippen LogP contribution in [-0.2, 0) is 14.3 Å². The molecule has 0 spiro atoms. The number of ether oxygens (including phenoxy) is 1. The van der Waals surface area contributed by atoms with Crippen LogP contribution in [0.25, 0.3) is 0 Å². The molecule has 0 atom stereocenters. The number of rotatable bonds is 4. The molecular formula is C13H18O3. The monoisotopic (exact) mass is 222 g/mol. The van der Waals surface area contributed by atoms with Gasteiger partial charge in [-0.25, -0.2) is 4.79 Å². The molecule has 0 saturated heterocycles. The fourth-order valence-corrected chi connectivity index (χ4v) is 2.03. The van der Waals surface area contributed by atoms with Crippen LogP contribution in [0.1, 0.15) is 33.1 Å². The summed E-state index contributed by atoms with van der Waals surface area (Å²) in [6.45, 7) is 7.36. The van der Waals surface area contributed by atoms with Gasteiger partial charge in [-0.1, -0.05) is 25.5 Å². The zero-order valence-corrected chi connectivity index (χ0v) is 10.1. The van der Waals surface area contributed by atoms with Gasteiger partial charge in [-0.05, 0) is 19.3 Å². The summed E-state index contributed by atoms with van der Waals surface area (Å²) in [6.07, 6.45) is 3.92. The van der Waals surface area contributed by atoms with E-state index in [1.54, 1.807) is 6.08 Å². The van der Waals surface area contributed by atoms with Gasteiger partial charge in [0.2, 0.25) is 0 Å². The Bertz CT molecular complexity index is 361. The summed E-state index contributed by atoms with van der Waals surface area (Å²) in [4.78, 5) is 23.6. The van der Waals surface area contributed by atoms with E-state index in [1.165, 1.54) is 7.11 Å². The zero-order chi connectivity index (χ0) is 12.3. The first kappa shape index (κ1) is 12.7. The predicted octanol–water partition coefficient (Wildman–Crippen LogP) is 2.42. The smallest absolute Gasteiger partial charge is 0.341 e. The highest BCUT2D eigenvalue weighted by atomic mass is 16.5. The number of carbonyl (C=O) groups excluding carboxylic acids is 2. The van der Waals surface area contributed by atoms with Gasteiger partial charge in [0.25, 0.3) is 0 Å². The van der Waals surface area contributed by atoms with Crippen molar-refractivity contribution in [2.75, 3.05) is 7.11 Å². The maximum atomic E-state index is 12.0. The Balaban J connectivity index is 3.03. The molecule has 88 valence electrons. The Morgan fingerprint density at radius 2 is 2.19 bits per heavy atom. The molecule has 0 aromatic heterocycles. The molecule has 0 fully saturated rings. The molecule has 0 saturated carbocycles. The molecule has 0 unspecified atom stereocenters. The van der Waals surface area contributed by atoms with Crippen molar-refractivity contribution in [3.8, 4) is 0 Å². The second-order valence-corrected chi connectivity index (χ2v) is 4.69. The lowest BCUT2D eigenvalue weighted by atomic mass is 9.87. The fourth-order valence-electron chi connectivity index (χ4n) is 2.03. The molecule has 0 N–H and O–H groups in total. The number of ketones is 1. The Hall–Kier alpha value is -1.38. The average molecular weight is 222 g/mol. The standard InChI is InChI=1S/C13H18O3/c1-5-6-7-9-8-13(2,3)11(14)10(9)12(15)16-4/h5H,1,6-8H2,2-4H3. The highest BCUT2D eigenvalue weighted by Crippen LogP contribution is 2.40. The molecule has 3 heteroatoms. The second-order valence-electron chi connectivity index (χ2n) is 4.69. The first-order valence-electron chi connectivity index (χ1n) is 5.40. The van der Waals surface area contributed by atoms with Crippen LogP contribution >= 0.6 is 0 Å². The normalized spacial score (nSPS) is 18.8. The van der Waals surface area contributed by atoms with Gasteiger partial charge < -0.3 is 4.74 Å². The number of allylic oxidation sites excluding steroid dienone is 2. The minimum Gasteiger partial charge on any atom is -0.465 e. The van der Waals surface area contributed by atoms with Crippen molar-refractivity contribution in [2.24, 2.45) is 5.41 Å². The van der Waals surface area contributed by atoms with E-state index in [-0.39, 0.29) is 11.4 Å². The van der Waals surface area contributed by atoms with Crippen LogP contribution in [0.5, 0.6) is 0 Å². The van der Waals surface area contributed by atoms with Crippen LogP contribution in [0.4, 0.5) is 0 Å². The lowest BCUT2D eigenvalue weighted by Gasteiger charge is -2.15. The van der Waals surface area contributed by atoms with Crippen LogP contribution in [-0.4, -0.2) is 18.9 Å². The van der Waals surface area contributed by atoms with Gasteiger partial charge in [0.1, 0.15) is 5.57 Å². The molecule has 1 aliphatic carbocycles. The van der Waals surface area contributed by atoms with E-state index in [4.69, 9.17) is 0 Å². The highest BCUT2D eigenvalue weighted by Gasteiger charge is 2.42. The predicted molar refractivity (Wildman–Crippen MR) is 61.9 cm³/mol. The van der Waals surface area contributed by atoms with Gasteiger partial charge in [0.05, 0.1) is 7.11 Å². The summed E-state index contributed by atoms with van der Waals surface area (Å²) in [6, 6.07) is 0. The van der Waals surface area contributed by atoms with Crippen LogP contribution < -0.4 is 0 Å². The summed E-state index contributed by atoms with van der Waals surface area (Å²) in [5, 5.41) is 0. The minimum atomic E-state index is -0.505. The van der Waals surface area contributed by atoms with E-state index < -0.39 is 11.4 Å². The van der Waals surface area contributed by atoms with Gasteiger partial charge in [-0.15, -0.1) is 6.58 Å². The molecule has 0 aliphatic heterocycles. The molecule has 16 heavy (non-hydrogen) atoms. The quantitative estimate of drug-likeness (QED) is 0.417. The van der Waals surface area contributed by atoms with Gasteiger partial charge >= 0.3 is 5.97 Å². The van der Waals surface area contributed by atoms with Gasteiger partial charge in [0.15, 0.2) is 5.78 Å². The number of carbonyl (C=O) groups is 2. The van der Waals surface area contributed by atoms with E-state index in [1.807, 2.05) is 13.8 Å². The minimum absolute atomic E-state index is 0.0987. The molecule has 0 amide bonds. The summed E-state index contributed by atoms with van der Waals surface area (Å²) in [7, 11) is 1.30. The van der Waals surface area contributed by atoms with E-state index >= 15 is 0 Å². The third-order valence-electron chi connectivity index (χ3n) is 2.89. The average Bonchev–Trinajstić information content (AvgIpc) is 2.46. The van der Waals surface area contributed by atoms with E-state index in [0.29, 0.717) is 12.8 Å². The Morgan fingerprint density at radius 1 is 1.56 bits per heavy atom. The Labute approximate surface area is 96.2 Å². The number of Topliss-reactive ketones (excluding diaryl/α,β-unsaturated/α-hetero) is 1. The summed E-state index contributed by atoms with van der Waals surface area (Å²) in [5.74, 6) is -0.604. The largest absolute Gasteiger partial charge is 0.465 e. The van der Waals surface area contributed by atoms with E-state index in [9.17, 15) is 9.59 Å². The second kappa shape index (κ2) is 4.64. The van der Waals surface area contributed by atoms with E-state index in [2.05, 4.69) is 11.3 Å². The van der Waals surface area contributed by atoms with Crippen molar-refractivity contribution in [3.63, 3.8) is 0 Å². The van der Waals surface area contributed by atoms with Crippen LogP contribution in [0.3, 0.4) is 0 Å². The SMILES string of the molecule is C=CCCC1=C(C(=O)OC)C(=O)C(C)(C)C1. The van der Waals surface area contributed by atoms with Crippen molar-refractivity contribution in [1.29, 1.82) is 0 Å². The third-order valence-corrected chi connectivity index (χ3v) is 2.89. The fraction of sp³-hybridized carbons (Fsp3) is 0.538. The molecule has 1 rings (SSSR count). The number of esters is 1. The zero-order valence-electron chi connectivity index (χ0n) is 10.1. The summed E-state index contributed by atoms with van der Waals surface area (Å²) < 4.78 is 4.66. The summed E-state index contributed by atoms with van der Waals surface area (Å²) >= 11 is 0. The van der Waals surface area contributed by atoms with Crippen LogP contribution in [0, 0.1) is 5.41 Å². The van der Waals surface area contributed by atoms with Crippen LogP contribution in [0.15, 0.2) is 23.8 Å². The number of hydrogen-bond acceptors (Lipinski definition) is 3. The lowest BCUT2D eigenvalue weighted by Crippen LogP contribution is -2.23. The molecule has 0 heterocycles. The highest BCUT2D eigenvalue weighted by molar-refractivity contribution is 6.21. The molecule has 3 nitrogen and oxygen atoms in total. The summed E-state index contributed by atoms with van der Waals surface area (Å²) in [5.41, 5.74) is 0.691. The maximum Gasteiger partial charge on any atom is 0.341 e. The Morgan fingerprint density at radius 3 is 2.69 bits per heavy atom. The molecule has 0 bridgehead atoms.